The molecular formula is C20H31ClN2O2. The minimum absolute atomic E-state index is 0. The van der Waals surface area contributed by atoms with E-state index in [1.165, 1.54) is 19.3 Å². The number of carbonyl (C=O) groups excluding carboxylic acids is 2. The standard InChI is InChI=1S/C20H30N2O2.ClH/c1-14-8-9-15(2)17(12-14)19(23)10-11-20(24)22-18(13-21)16-6-4-3-5-7-16;/h8-9,12,16,18H,3-7,10-11,13,21H2,1-2H3,(H,22,24);1H. The lowest BCUT2D eigenvalue weighted by atomic mass is 9.84. The van der Waals surface area contributed by atoms with E-state index in [1.54, 1.807) is 0 Å². The van der Waals surface area contributed by atoms with Gasteiger partial charge in [0.15, 0.2) is 5.78 Å². The van der Waals surface area contributed by atoms with Gasteiger partial charge in [-0.05, 0) is 44.2 Å². The van der Waals surface area contributed by atoms with E-state index >= 15 is 0 Å². The predicted molar refractivity (Wildman–Crippen MR) is 104 cm³/mol. The van der Waals surface area contributed by atoms with Crippen molar-refractivity contribution < 1.29 is 9.59 Å². The summed E-state index contributed by atoms with van der Waals surface area (Å²) in [4.78, 5) is 24.6. The molecule has 4 nitrogen and oxygen atoms in total. The SMILES string of the molecule is Cc1ccc(C)c(C(=O)CCC(=O)NC(CN)C2CCCCC2)c1.Cl. The number of Topliss-reactive ketones (excluding diaryl/α,β-unsaturated/α-hetero) is 1. The first-order chi connectivity index (χ1) is 11.5. The minimum Gasteiger partial charge on any atom is -0.352 e. The zero-order valence-corrected chi connectivity index (χ0v) is 16.2. The van der Waals surface area contributed by atoms with Gasteiger partial charge in [-0.25, -0.2) is 0 Å². The molecule has 0 heterocycles. The fourth-order valence-corrected chi connectivity index (χ4v) is 3.58. The second kappa shape index (κ2) is 10.6. The molecule has 1 saturated carbocycles. The first-order valence-electron chi connectivity index (χ1n) is 9.11. The Labute approximate surface area is 157 Å². The number of carbonyl (C=O) groups is 2. The van der Waals surface area contributed by atoms with E-state index < -0.39 is 0 Å². The zero-order chi connectivity index (χ0) is 17.5. The van der Waals surface area contributed by atoms with Crippen LogP contribution in [-0.2, 0) is 4.79 Å². The second-order valence-electron chi connectivity index (χ2n) is 7.05. The lowest BCUT2D eigenvalue weighted by Gasteiger charge is -2.30. The Balaban J connectivity index is 0.00000312. The lowest BCUT2D eigenvalue weighted by molar-refractivity contribution is -0.122. The molecule has 1 aromatic rings. The number of nitrogens with one attached hydrogen (secondary N) is 1. The van der Waals surface area contributed by atoms with E-state index in [1.807, 2.05) is 32.0 Å². The quantitative estimate of drug-likeness (QED) is 0.722. The normalized spacial score (nSPS) is 16.0. The van der Waals surface area contributed by atoms with Crippen molar-refractivity contribution >= 4 is 24.1 Å². The molecule has 1 atom stereocenters. The number of aryl methyl sites for hydroxylation is 2. The van der Waals surface area contributed by atoms with Gasteiger partial charge in [-0.3, -0.25) is 9.59 Å². The highest BCUT2D eigenvalue weighted by atomic mass is 35.5. The topological polar surface area (TPSA) is 72.2 Å². The Morgan fingerprint density at radius 3 is 2.48 bits per heavy atom. The minimum atomic E-state index is -0.0605. The summed E-state index contributed by atoms with van der Waals surface area (Å²) in [5.41, 5.74) is 8.61. The average Bonchev–Trinajstić information content (AvgIpc) is 2.60. The van der Waals surface area contributed by atoms with Gasteiger partial charge in [-0.2, -0.15) is 0 Å². The number of hydrogen-bond acceptors (Lipinski definition) is 3. The summed E-state index contributed by atoms with van der Waals surface area (Å²) in [5.74, 6) is 0.463. The molecule has 0 saturated heterocycles. The number of rotatable bonds is 7. The maximum absolute atomic E-state index is 12.4. The summed E-state index contributed by atoms with van der Waals surface area (Å²) < 4.78 is 0. The van der Waals surface area contributed by atoms with Gasteiger partial charge in [0.25, 0.3) is 0 Å². The summed E-state index contributed by atoms with van der Waals surface area (Å²) >= 11 is 0. The molecule has 1 aromatic carbocycles. The molecule has 1 aliphatic rings. The van der Waals surface area contributed by atoms with Gasteiger partial charge in [-0.15, -0.1) is 12.4 Å². The molecule has 0 bridgehead atoms. The zero-order valence-electron chi connectivity index (χ0n) is 15.3. The van der Waals surface area contributed by atoms with Crippen LogP contribution in [0.1, 0.15) is 66.4 Å². The molecule has 140 valence electrons. The molecule has 0 aromatic heterocycles. The first-order valence-corrected chi connectivity index (χ1v) is 9.11. The van der Waals surface area contributed by atoms with Crippen LogP contribution in [0.15, 0.2) is 18.2 Å². The molecule has 2 rings (SSSR count). The third-order valence-electron chi connectivity index (χ3n) is 5.09. The molecule has 1 unspecified atom stereocenters. The van der Waals surface area contributed by atoms with E-state index in [9.17, 15) is 9.59 Å². The Morgan fingerprint density at radius 2 is 1.84 bits per heavy atom. The number of nitrogens with two attached hydrogens (primary N) is 1. The van der Waals surface area contributed by atoms with Crippen molar-refractivity contribution in [3.8, 4) is 0 Å². The third kappa shape index (κ3) is 6.44. The van der Waals surface area contributed by atoms with E-state index in [2.05, 4.69) is 5.32 Å². The number of hydrogen-bond donors (Lipinski definition) is 2. The van der Waals surface area contributed by atoms with Gasteiger partial charge >= 0.3 is 0 Å². The Hall–Kier alpha value is -1.39. The molecule has 25 heavy (non-hydrogen) atoms. The van der Waals surface area contributed by atoms with Gasteiger partial charge in [0.05, 0.1) is 0 Å². The number of ketones is 1. The number of benzene rings is 1. The summed E-state index contributed by atoms with van der Waals surface area (Å²) in [6.45, 7) is 4.38. The van der Waals surface area contributed by atoms with E-state index in [-0.39, 0.29) is 43.0 Å². The van der Waals surface area contributed by atoms with Crippen molar-refractivity contribution in [1.82, 2.24) is 5.32 Å². The van der Waals surface area contributed by atoms with Gasteiger partial charge in [0.1, 0.15) is 0 Å². The summed E-state index contributed by atoms with van der Waals surface area (Å²) in [6, 6.07) is 5.90. The van der Waals surface area contributed by atoms with Crippen molar-refractivity contribution in [2.75, 3.05) is 6.54 Å². The van der Waals surface area contributed by atoms with Crippen LogP contribution < -0.4 is 11.1 Å². The van der Waals surface area contributed by atoms with Gasteiger partial charge in [0.2, 0.25) is 5.91 Å². The van der Waals surface area contributed by atoms with Crippen molar-refractivity contribution in [3.63, 3.8) is 0 Å². The largest absolute Gasteiger partial charge is 0.352 e. The van der Waals surface area contributed by atoms with Crippen LogP contribution in [0.4, 0.5) is 0 Å². The Kier molecular flexibility index (Phi) is 9.15. The lowest BCUT2D eigenvalue weighted by Crippen LogP contribution is -2.45. The van der Waals surface area contributed by atoms with Crippen LogP contribution in [0.5, 0.6) is 0 Å². The highest BCUT2D eigenvalue weighted by Crippen LogP contribution is 2.26. The number of halogens is 1. The molecule has 3 N–H and O–H groups in total. The van der Waals surface area contributed by atoms with Gasteiger partial charge < -0.3 is 11.1 Å². The Bertz CT molecular complexity index is 583. The molecule has 5 heteroatoms. The fraction of sp³-hybridized carbons (Fsp3) is 0.600. The van der Waals surface area contributed by atoms with Crippen LogP contribution >= 0.6 is 12.4 Å². The molecule has 0 spiro atoms. The maximum atomic E-state index is 12.4. The van der Waals surface area contributed by atoms with Crippen molar-refractivity contribution in [3.05, 3.63) is 34.9 Å². The van der Waals surface area contributed by atoms with E-state index in [0.717, 1.165) is 29.5 Å². The number of amides is 1. The summed E-state index contributed by atoms with van der Waals surface area (Å²) in [5, 5.41) is 3.05. The molecule has 1 fully saturated rings. The highest BCUT2D eigenvalue weighted by molar-refractivity contribution is 5.99. The van der Waals surface area contributed by atoms with Crippen LogP contribution in [0.2, 0.25) is 0 Å². The van der Waals surface area contributed by atoms with Crippen LogP contribution in [-0.4, -0.2) is 24.3 Å². The van der Waals surface area contributed by atoms with Crippen LogP contribution in [0, 0.1) is 19.8 Å². The smallest absolute Gasteiger partial charge is 0.220 e. The van der Waals surface area contributed by atoms with Crippen molar-refractivity contribution in [2.24, 2.45) is 11.7 Å². The average molecular weight is 367 g/mol. The maximum Gasteiger partial charge on any atom is 0.220 e. The van der Waals surface area contributed by atoms with Crippen LogP contribution in [0.3, 0.4) is 0 Å². The van der Waals surface area contributed by atoms with E-state index in [0.29, 0.717) is 12.5 Å². The summed E-state index contributed by atoms with van der Waals surface area (Å²) in [6.07, 6.45) is 6.50. The fourth-order valence-electron chi connectivity index (χ4n) is 3.58. The third-order valence-corrected chi connectivity index (χ3v) is 5.09. The molecule has 1 amide bonds. The molecule has 0 aliphatic heterocycles. The molecule has 0 radical (unpaired) electrons. The predicted octanol–water partition coefficient (Wildman–Crippen LogP) is 3.71. The molecule has 1 aliphatic carbocycles. The van der Waals surface area contributed by atoms with Crippen molar-refractivity contribution in [1.29, 1.82) is 0 Å². The monoisotopic (exact) mass is 366 g/mol. The Morgan fingerprint density at radius 1 is 1.16 bits per heavy atom. The van der Waals surface area contributed by atoms with Crippen molar-refractivity contribution in [2.45, 2.75) is 64.8 Å². The summed E-state index contributed by atoms with van der Waals surface area (Å²) in [7, 11) is 0. The highest BCUT2D eigenvalue weighted by Gasteiger charge is 2.24. The second-order valence-corrected chi connectivity index (χ2v) is 7.05. The van der Waals surface area contributed by atoms with Crippen LogP contribution in [0.25, 0.3) is 0 Å². The van der Waals surface area contributed by atoms with E-state index in [4.69, 9.17) is 5.73 Å². The molecular weight excluding hydrogens is 336 g/mol. The van der Waals surface area contributed by atoms with Gasteiger partial charge in [-0.1, -0.05) is 37.0 Å². The van der Waals surface area contributed by atoms with Gasteiger partial charge in [0, 0.05) is 31.0 Å². The first kappa shape index (κ1) is 21.7.